The van der Waals surface area contributed by atoms with Gasteiger partial charge in [0.2, 0.25) is 0 Å². The Balaban J connectivity index is 0.000000430. The first-order chi connectivity index (χ1) is 28.4. The Morgan fingerprint density at radius 3 is 0.754 bits per heavy atom. The molecule has 5 aromatic carbocycles. The van der Waals surface area contributed by atoms with Crippen molar-refractivity contribution < 1.29 is 91.9 Å². The maximum absolute atomic E-state index is 15.4. The van der Waals surface area contributed by atoms with Crippen LogP contribution in [0, 0.1) is 116 Å². The van der Waals surface area contributed by atoms with Gasteiger partial charge in [-0.1, -0.05) is 39.0 Å². The predicted molar refractivity (Wildman–Crippen MR) is 183 cm³/mol. The molecule has 0 fully saturated rings. The first-order valence-electron chi connectivity index (χ1n) is 17.2. The van der Waals surface area contributed by atoms with Gasteiger partial charge in [0.25, 0.3) is 5.78 Å². The minimum absolute atomic E-state index is 1.10. The van der Waals surface area contributed by atoms with Crippen LogP contribution in [0.3, 0.4) is 0 Å². The van der Waals surface area contributed by atoms with Crippen LogP contribution in [0.15, 0.2) is 30.3 Å². The molecule has 5 aromatic rings. The summed E-state index contributed by atoms with van der Waals surface area (Å²) in [4.78, 5) is 0. The van der Waals surface area contributed by atoms with Gasteiger partial charge < -0.3 is 4.11 Å². The lowest BCUT2D eigenvalue weighted by Crippen LogP contribution is -2.81. The monoisotopic (exact) mass is 914 g/mol. The van der Waals surface area contributed by atoms with E-state index >= 15 is 35.1 Å². The van der Waals surface area contributed by atoms with Crippen molar-refractivity contribution in [3.8, 4) is 0 Å². The Hall–Kier alpha value is -5.35. The van der Waals surface area contributed by atoms with E-state index in [-0.39, 0.29) is 0 Å². The highest BCUT2D eigenvalue weighted by Crippen LogP contribution is 2.31. The molecule has 0 atom stereocenters. The minimum Gasteiger partial charge on any atom is -0.375 e. The van der Waals surface area contributed by atoms with Gasteiger partial charge in [-0.3, -0.25) is 0 Å². The zero-order chi connectivity index (χ0) is 46.4. The van der Waals surface area contributed by atoms with E-state index in [4.69, 9.17) is 4.11 Å². The molecular formula is C38H23BF20OSi. The highest BCUT2D eigenvalue weighted by atomic mass is 28.4. The molecule has 0 amide bonds. The van der Waals surface area contributed by atoms with Crippen molar-refractivity contribution in [2.24, 2.45) is 0 Å². The summed E-state index contributed by atoms with van der Waals surface area (Å²) in [5.74, 6) is -70.3. The van der Waals surface area contributed by atoms with Crippen LogP contribution in [0.2, 0.25) is 18.1 Å². The van der Waals surface area contributed by atoms with Gasteiger partial charge in [-0.25, -0.2) is 87.8 Å². The summed E-state index contributed by atoms with van der Waals surface area (Å²) in [7, 11) is -1.50. The minimum atomic E-state index is -7.22. The van der Waals surface area contributed by atoms with Crippen LogP contribution in [0.25, 0.3) is 0 Å². The van der Waals surface area contributed by atoms with Crippen LogP contribution in [0.1, 0.15) is 37.4 Å². The quantitative estimate of drug-likeness (QED) is 0.0349. The molecular weight excluding hydrogens is 891 g/mol. The number of benzene rings is 5. The van der Waals surface area contributed by atoms with Crippen molar-refractivity contribution in [2.45, 2.75) is 45.8 Å². The Bertz CT molecular complexity index is 2170. The molecule has 61 heavy (non-hydrogen) atoms. The molecule has 0 heterocycles. The second-order valence-corrected chi connectivity index (χ2v) is 17.8. The molecule has 0 N–H and O–H groups in total. The van der Waals surface area contributed by atoms with Crippen molar-refractivity contribution >= 4 is 42.1 Å². The van der Waals surface area contributed by atoms with Crippen LogP contribution in [-0.2, 0) is 0 Å². The fourth-order valence-electron chi connectivity index (χ4n) is 6.90. The molecule has 1 nitrogen and oxygen atoms in total. The molecule has 328 valence electrons. The van der Waals surface area contributed by atoms with Gasteiger partial charge in [0.05, 0.1) is 5.56 Å². The van der Waals surface area contributed by atoms with Gasteiger partial charge in [0.1, 0.15) is 52.7 Å². The summed E-state index contributed by atoms with van der Waals surface area (Å²) in [6, 6.07) is 14.0. The molecule has 0 aromatic heterocycles. The normalized spacial score (nSPS) is 12.2. The standard InChI is InChI=1S/C24BF20.C14H23OSi/c26-5-1(6(27)14(35)21(42)13(5)34)25(2-7(28)15(36)22(43)16(37)8(2)29,3-9(30)17(38)23(44)18(39)10(3)31)4-11(32)19(40)24(45)20(41)12(4)33;1-5-16(6-2,7-3)15-13(4)14-11-9-8-10-12-14/h;8-12H,5-7H2,1-4H3/q-1;+1. The van der Waals surface area contributed by atoms with E-state index in [2.05, 4.69) is 52.0 Å². The van der Waals surface area contributed by atoms with E-state index in [1.807, 2.05) is 6.07 Å². The maximum atomic E-state index is 15.4. The van der Waals surface area contributed by atoms with E-state index in [1.54, 1.807) is 0 Å². The van der Waals surface area contributed by atoms with E-state index in [0.717, 1.165) is 5.78 Å². The lowest BCUT2D eigenvalue weighted by atomic mass is 9.12. The first-order valence-corrected chi connectivity index (χ1v) is 19.7. The molecule has 0 saturated carbocycles. The summed E-state index contributed by atoms with van der Waals surface area (Å²) < 4.78 is 300. The fourth-order valence-corrected chi connectivity index (χ4v) is 9.60. The van der Waals surface area contributed by atoms with Crippen molar-refractivity contribution in [1.82, 2.24) is 0 Å². The van der Waals surface area contributed by atoms with Crippen LogP contribution >= 0.6 is 0 Å². The van der Waals surface area contributed by atoms with Crippen molar-refractivity contribution in [3.63, 3.8) is 0 Å². The number of hydrogen-bond acceptors (Lipinski definition) is 0. The number of carbonyl (C=O) groups excluding carboxylic acids is 1. The van der Waals surface area contributed by atoms with Crippen molar-refractivity contribution in [1.29, 1.82) is 0 Å². The highest BCUT2D eigenvalue weighted by molar-refractivity contribution is 7.20. The second kappa shape index (κ2) is 17.9. The SMILES string of the molecule is CC[Si](CC)(CC)[O+]=C(C)c1ccccc1.Fc1c(F)c(F)c([B-](c2c(F)c(F)c(F)c(F)c2F)(c2c(F)c(F)c(F)c(F)c2F)c2c(F)c(F)c(F)c(F)c2F)c(F)c1F. The largest absolute Gasteiger partial charge is 0.517 e. The van der Waals surface area contributed by atoms with E-state index in [0.29, 0.717) is 0 Å². The lowest BCUT2D eigenvalue weighted by molar-refractivity contribution is -0.107. The summed E-state index contributed by atoms with van der Waals surface area (Å²) in [5, 5.41) is 0. The Labute approximate surface area is 332 Å². The average Bonchev–Trinajstić information content (AvgIpc) is 3.25. The molecule has 0 aliphatic carbocycles. The fraction of sp³-hybridized carbons (Fsp3) is 0.184. The van der Waals surface area contributed by atoms with Gasteiger partial charge in [0, 0.05) is 25.1 Å². The molecule has 0 spiro atoms. The average molecular weight is 914 g/mol. The number of ketones is 1. The summed E-state index contributed by atoms with van der Waals surface area (Å²) >= 11 is 0. The smallest absolute Gasteiger partial charge is 0.375 e. The van der Waals surface area contributed by atoms with Gasteiger partial charge in [-0.05, 0) is 12.1 Å². The van der Waals surface area contributed by atoms with Crippen molar-refractivity contribution in [3.05, 3.63) is 152 Å². The third kappa shape index (κ3) is 7.66. The third-order valence-electron chi connectivity index (χ3n) is 10.2. The zero-order valence-electron chi connectivity index (χ0n) is 31.1. The molecule has 0 radical (unpaired) electrons. The Morgan fingerprint density at radius 1 is 0.361 bits per heavy atom. The summed E-state index contributed by atoms with van der Waals surface area (Å²) in [5.41, 5.74) is -13.1. The molecule has 23 heteroatoms. The summed E-state index contributed by atoms with van der Waals surface area (Å²) in [6.07, 6.45) is -7.22. The van der Waals surface area contributed by atoms with Gasteiger partial charge >= 0.3 is 8.32 Å². The number of hydrogen-bond donors (Lipinski definition) is 0. The van der Waals surface area contributed by atoms with Crippen molar-refractivity contribution in [2.75, 3.05) is 0 Å². The van der Waals surface area contributed by atoms with Gasteiger partial charge in [-0.2, -0.15) is 0 Å². The maximum Gasteiger partial charge on any atom is 0.517 e. The summed E-state index contributed by atoms with van der Waals surface area (Å²) in [6.45, 7) is 8.88. The van der Waals surface area contributed by atoms with Crippen LogP contribution in [-0.4, -0.2) is 20.2 Å². The molecule has 0 aliphatic heterocycles. The topological polar surface area (TPSA) is 11.3 Å². The molecule has 0 saturated heterocycles. The van der Waals surface area contributed by atoms with E-state index in [9.17, 15) is 52.7 Å². The lowest BCUT2D eigenvalue weighted by Gasteiger charge is -2.44. The van der Waals surface area contributed by atoms with Crippen LogP contribution in [0.5, 0.6) is 0 Å². The first kappa shape index (κ1) is 48.3. The van der Waals surface area contributed by atoms with Crippen LogP contribution in [0.4, 0.5) is 87.8 Å². The van der Waals surface area contributed by atoms with E-state index < -0.39 is 153 Å². The molecule has 0 unspecified atom stereocenters. The molecule has 0 bridgehead atoms. The second-order valence-electron chi connectivity index (χ2n) is 13.1. The van der Waals surface area contributed by atoms with E-state index in [1.165, 1.54) is 23.7 Å². The number of halogens is 20. The zero-order valence-corrected chi connectivity index (χ0v) is 32.1. The van der Waals surface area contributed by atoms with Gasteiger partial charge in [-0.15, -0.1) is 21.9 Å². The molecule has 5 rings (SSSR count). The molecule has 0 aliphatic rings. The third-order valence-corrected chi connectivity index (χ3v) is 14.8. The Kier molecular flexibility index (Phi) is 14.2. The van der Waals surface area contributed by atoms with Gasteiger partial charge in [0.15, 0.2) is 69.8 Å². The van der Waals surface area contributed by atoms with Crippen LogP contribution < -0.4 is 21.9 Å². The predicted octanol–water partition coefficient (Wildman–Crippen LogP) is 10.3. The number of rotatable bonds is 9. The highest BCUT2D eigenvalue weighted by Gasteiger charge is 2.52. The Morgan fingerprint density at radius 2 is 0.557 bits per heavy atom.